The summed E-state index contributed by atoms with van der Waals surface area (Å²) in [7, 11) is 0. The van der Waals surface area contributed by atoms with Crippen LogP contribution in [0.1, 0.15) is 13.8 Å². The van der Waals surface area contributed by atoms with Crippen molar-refractivity contribution < 1.29 is 0 Å². The van der Waals surface area contributed by atoms with Crippen LogP contribution in [0, 0.1) is 0 Å². The van der Waals surface area contributed by atoms with Gasteiger partial charge >= 0.3 is 0 Å². The summed E-state index contributed by atoms with van der Waals surface area (Å²) in [5.41, 5.74) is 2.23. The first-order chi connectivity index (χ1) is 6.47. The Labute approximate surface area is 78.7 Å². The number of nitrogens with zero attached hydrogens (tertiary/aromatic N) is 1. The van der Waals surface area contributed by atoms with Gasteiger partial charge in [0.15, 0.2) is 0 Å². The van der Waals surface area contributed by atoms with Crippen molar-refractivity contribution in [1.82, 2.24) is 9.97 Å². The Morgan fingerprint density at radius 1 is 1.08 bits per heavy atom. The van der Waals surface area contributed by atoms with Gasteiger partial charge in [-0.15, -0.1) is 0 Å². The van der Waals surface area contributed by atoms with Crippen molar-refractivity contribution in [3.8, 4) is 11.3 Å². The van der Waals surface area contributed by atoms with E-state index in [0.29, 0.717) is 0 Å². The van der Waals surface area contributed by atoms with E-state index in [1.54, 1.807) is 6.33 Å². The Balaban J connectivity index is 0.000000396. The average molecular weight is 174 g/mol. The van der Waals surface area contributed by atoms with Gasteiger partial charge in [-0.3, -0.25) is 0 Å². The zero-order valence-electron chi connectivity index (χ0n) is 7.99. The fourth-order valence-electron chi connectivity index (χ4n) is 1.03. The van der Waals surface area contributed by atoms with Gasteiger partial charge in [0.1, 0.15) is 0 Å². The Kier molecular flexibility index (Phi) is 3.76. The molecule has 13 heavy (non-hydrogen) atoms. The lowest BCUT2D eigenvalue weighted by Crippen LogP contribution is -1.73. The molecule has 0 saturated heterocycles. The average Bonchev–Trinajstić information content (AvgIpc) is 2.75. The van der Waals surface area contributed by atoms with Crippen LogP contribution in [0.2, 0.25) is 0 Å². The van der Waals surface area contributed by atoms with E-state index >= 15 is 0 Å². The molecule has 0 atom stereocenters. The molecule has 0 radical (unpaired) electrons. The zero-order valence-corrected chi connectivity index (χ0v) is 7.99. The predicted molar refractivity (Wildman–Crippen MR) is 55.4 cm³/mol. The van der Waals surface area contributed by atoms with Crippen molar-refractivity contribution in [2.24, 2.45) is 0 Å². The van der Waals surface area contributed by atoms with Crippen LogP contribution in [0.3, 0.4) is 0 Å². The molecule has 0 aliphatic heterocycles. The number of aromatic nitrogens is 2. The van der Waals surface area contributed by atoms with Crippen LogP contribution in [0.4, 0.5) is 0 Å². The number of hydrogen-bond donors (Lipinski definition) is 1. The lowest BCUT2D eigenvalue weighted by molar-refractivity contribution is 1.31. The molecule has 0 aliphatic rings. The molecular weight excluding hydrogens is 160 g/mol. The van der Waals surface area contributed by atoms with Crippen LogP contribution in [0.15, 0.2) is 42.9 Å². The van der Waals surface area contributed by atoms with Gasteiger partial charge in [0.2, 0.25) is 0 Å². The molecule has 2 nitrogen and oxygen atoms in total. The van der Waals surface area contributed by atoms with Gasteiger partial charge in [0, 0.05) is 0 Å². The molecule has 68 valence electrons. The largest absolute Gasteiger partial charge is 0.345 e. The van der Waals surface area contributed by atoms with Crippen molar-refractivity contribution in [3.63, 3.8) is 0 Å². The molecule has 2 heteroatoms. The Morgan fingerprint density at radius 2 is 1.77 bits per heavy atom. The second kappa shape index (κ2) is 5.14. The maximum absolute atomic E-state index is 3.94. The van der Waals surface area contributed by atoms with Gasteiger partial charge in [-0.2, -0.15) is 0 Å². The Hall–Kier alpha value is -1.57. The Morgan fingerprint density at radius 3 is 2.31 bits per heavy atom. The van der Waals surface area contributed by atoms with Crippen LogP contribution in [-0.4, -0.2) is 9.97 Å². The third-order valence-corrected chi connectivity index (χ3v) is 1.58. The molecule has 1 aromatic heterocycles. The Bertz CT molecular complexity index is 311. The minimum atomic E-state index is 1.06. The zero-order chi connectivity index (χ0) is 9.52. The first-order valence-corrected chi connectivity index (χ1v) is 4.50. The standard InChI is InChI=1S/C9H8N2.C2H6/c1-2-4-8(5-3-1)9-6-10-7-11-9;1-2/h1-7H,(H,10,11);1-2H3. The van der Waals surface area contributed by atoms with Gasteiger partial charge < -0.3 is 4.98 Å². The van der Waals surface area contributed by atoms with Crippen molar-refractivity contribution >= 4 is 0 Å². The first-order valence-electron chi connectivity index (χ1n) is 4.50. The van der Waals surface area contributed by atoms with Crippen LogP contribution in [-0.2, 0) is 0 Å². The van der Waals surface area contributed by atoms with E-state index in [2.05, 4.69) is 9.97 Å². The third kappa shape index (κ3) is 2.44. The summed E-state index contributed by atoms with van der Waals surface area (Å²) in [6, 6.07) is 10.1. The monoisotopic (exact) mass is 174 g/mol. The summed E-state index contributed by atoms with van der Waals surface area (Å²) in [6.45, 7) is 4.00. The number of rotatable bonds is 1. The second-order valence-electron chi connectivity index (χ2n) is 2.33. The number of H-pyrrole nitrogens is 1. The topological polar surface area (TPSA) is 28.7 Å². The molecule has 0 saturated carbocycles. The van der Waals surface area contributed by atoms with E-state index in [9.17, 15) is 0 Å². The van der Waals surface area contributed by atoms with Gasteiger partial charge in [0.05, 0.1) is 18.2 Å². The van der Waals surface area contributed by atoms with Crippen LogP contribution in [0.25, 0.3) is 11.3 Å². The summed E-state index contributed by atoms with van der Waals surface area (Å²) in [6.07, 6.45) is 3.50. The van der Waals surface area contributed by atoms with Gasteiger partial charge in [-0.25, -0.2) is 4.98 Å². The predicted octanol–water partition coefficient (Wildman–Crippen LogP) is 3.10. The van der Waals surface area contributed by atoms with Crippen molar-refractivity contribution in [2.45, 2.75) is 13.8 Å². The van der Waals surface area contributed by atoms with E-state index < -0.39 is 0 Å². The summed E-state index contributed by atoms with van der Waals surface area (Å²) < 4.78 is 0. The highest BCUT2D eigenvalue weighted by Crippen LogP contribution is 2.13. The smallest absolute Gasteiger partial charge is 0.0924 e. The second-order valence-corrected chi connectivity index (χ2v) is 2.33. The molecule has 0 unspecified atom stereocenters. The van der Waals surface area contributed by atoms with Crippen LogP contribution >= 0.6 is 0 Å². The summed E-state index contributed by atoms with van der Waals surface area (Å²) in [4.78, 5) is 6.99. The highest BCUT2D eigenvalue weighted by atomic mass is 14.9. The van der Waals surface area contributed by atoms with Gasteiger partial charge in [0.25, 0.3) is 0 Å². The summed E-state index contributed by atoms with van der Waals surface area (Å²) in [5, 5.41) is 0. The summed E-state index contributed by atoms with van der Waals surface area (Å²) >= 11 is 0. The lowest BCUT2D eigenvalue weighted by Gasteiger charge is -1.93. The molecule has 2 rings (SSSR count). The number of hydrogen-bond acceptors (Lipinski definition) is 1. The van der Waals surface area contributed by atoms with E-state index in [0.717, 1.165) is 5.69 Å². The maximum Gasteiger partial charge on any atom is 0.0924 e. The van der Waals surface area contributed by atoms with Gasteiger partial charge in [-0.1, -0.05) is 44.2 Å². The molecule has 0 bridgehead atoms. The highest BCUT2D eigenvalue weighted by molar-refractivity contribution is 5.57. The van der Waals surface area contributed by atoms with Crippen molar-refractivity contribution in [1.29, 1.82) is 0 Å². The summed E-state index contributed by atoms with van der Waals surface area (Å²) in [5.74, 6) is 0. The SMILES string of the molecule is CC.c1ccc(-c2cnc[nH]2)cc1. The van der Waals surface area contributed by atoms with Gasteiger partial charge in [-0.05, 0) is 5.56 Å². The molecule has 0 fully saturated rings. The van der Waals surface area contributed by atoms with E-state index in [1.165, 1.54) is 5.56 Å². The van der Waals surface area contributed by atoms with E-state index in [1.807, 2.05) is 50.4 Å². The lowest BCUT2D eigenvalue weighted by atomic mass is 10.2. The minimum absolute atomic E-state index is 1.06. The van der Waals surface area contributed by atoms with Crippen LogP contribution < -0.4 is 0 Å². The van der Waals surface area contributed by atoms with Crippen molar-refractivity contribution in [3.05, 3.63) is 42.9 Å². The fraction of sp³-hybridized carbons (Fsp3) is 0.182. The molecular formula is C11H14N2. The molecule has 1 heterocycles. The van der Waals surface area contributed by atoms with Crippen molar-refractivity contribution in [2.75, 3.05) is 0 Å². The third-order valence-electron chi connectivity index (χ3n) is 1.58. The normalized spacial score (nSPS) is 8.77. The molecule has 1 aromatic carbocycles. The molecule has 0 spiro atoms. The number of aromatic amines is 1. The molecule has 2 aromatic rings. The molecule has 0 aliphatic carbocycles. The quantitative estimate of drug-likeness (QED) is 0.707. The van der Waals surface area contributed by atoms with E-state index in [-0.39, 0.29) is 0 Å². The molecule has 1 N–H and O–H groups in total. The number of nitrogens with one attached hydrogen (secondary N) is 1. The number of imidazole rings is 1. The maximum atomic E-state index is 3.94. The minimum Gasteiger partial charge on any atom is -0.345 e. The fourth-order valence-corrected chi connectivity index (χ4v) is 1.03. The molecule has 0 amide bonds. The first kappa shape index (κ1) is 9.52. The van der Waals surface area contributed by atoms with Crippen LogP contribution in [0.5, 0.6) is 0 Å². The van der Waals surface area contributed by atoms with E-state index in [4.69, 9.17) is 0 Å². The number of benzene rings is 1. The highest BCUT2D eigenvalue weighted by Gasteiger charge is 1.94.